The Morgan fingerprint density at radius 3 is 2.50 bits per heavy atom. The number of amides is 1. The topological polar surface area (TPSA) is 96.8 Å². The van der Waals surface area contributed by atoms with Crippen molar-refractivity contribution in [3.8, 4) is 5.75 Å². The second kappa shape index (κ2) is 5.43. The average Bonchev–Trinajstić information content (AvgIpc) is 2.90. The number of benzene rings is 1. The van der Waals surface area contributed by atoms with Crippen molar-refractivity contribution < 1.29 is 19.2 Å². The Balaban J connectivity index is 2.07. The smallest absolute Gasteiger partial charge is 0.433 e. The summed E-state index contributed by atoms with van der Waals surface area (Å²) in [7, 11) is 1.56. The van der Waals surface area contributed by atoms with Crippen molar-refractivity contribution in [1.82, 2.24) is 4.90 Å². The minimum Gasteiger partial charge on any atom is -0.508 e. The van der Waals surface area contributed by atoms with Gasteiger partial charge < -0.3 is 14.4 Å². The van der Waals surface area contributed by atoms with Crippen molar-refractivity contribution in [1.29, 1.82) is 0 Å². The molecule has 0 saturated carbocycles. The summed E-state index contributed by atoms with van der Waals surface area (Å²) in [5.74, 6) is -0.861. The number of carbonyl (C=O) groups excluding carboxylic acids is 1. The normalized spacial score (nSPS) is 10.2. The van der Waals surface area contributed by atoms with E-state index in [-0.39, 0.29) is 11.5 Å². The SMILES string of the molecule is CN(Cc1ccc(O)cc1)C(=O)c1ccc([N+](=O)[O-])o1. The molecule has 1 amide bonds. The molecule has 0 atom stereocenters. The maximum Gasteiger partial charge on any atom is 0.433 e. The molecule has 0 saturated heterocycles. The highest BCUT2D eigenvalue weighted by Crippen LogP contribution is 2.18. The lowest BCUT2D eigenvalue weighted by molar-refractivity contribution is -0.402. The molecule has 104 valence electrons. The van der Waals surface area contributed by atoms with Crippen molar-refractivity contribution >= 4 is 11.8 Å². The minimum atomic E-state index is -0.698. The van der Waals surface area contributed by atoms with Crippen molar-refractivity contribution in [2.45, 2.75) is 6.54 Å². The van der Waals surface area contributed by atoms with Gasteiger partial charge in [0.2, 0.25) is 0 Å². The third-order valence-electron chi connectivity index (χ3n) is 2.69. The van der Waals surface area contributed by atoms with Gasteiger partial charge in [0.1, 0.15) is 10.7 Å². The van der Waals surface area contributed by atoms with Gasteiger partial charge in [-0.3, -0.25) is 14.9 Å². The number of hydrogen-bond donors (Lipinski definition) is 1. The molecule has 20 heavy (non-hydrogen) atoms. The highest BCUT2D eigenvalue weighted by molar-refractivity contribution is 5.91. The molecule has 1 aromatic carbocycles. The van der Waals surface area contributed by atoms with Crippen LogP contribution in [0.25, 0.3) is 0 Å². The molecule has 0 spiro atoms. The van der Waals surface area contributed by atoms with Crippen LogP contribution in [0.2, 0.25) is 0 Å². The molecule has 7 nitrogen and oxygen atoms in total. The molecule has 0 bridgehead atoms. The molecule has 0 aliphatic carbocycles. The summed E-state index contributed by atoms with van der Waals surface area (Å²) in [6.45, 7) is 0.299. The minimum absolute atomic E-state index is 0.0852. The van der Waals surface area contributed by atoms with Gasteiger partial charge in [0.15, 0.2) is 5.76 Å². The summed E-state index contributed by atoms with van der Waals surface area (Å²) in [6, 6.07) is 8.82. The molecule has 0 fully saturated rings. The number of phenols is 1. The summed E-state index contributed by atoms with van der Waals surface area (Å²) >= 11 is 0. The Morgan fingerprint density at radius 1 is 1.30 bits per heavy atom. The predicted molar refractivity (Wildman–Crippen MR) is 69.3 cm³/mol. The van der Waals surface area contributed by atoms with E-state index < -0.39 is 16.7 Å². The van der Waals surface area contributed by atoms with Gasteiger partial charge in [-0.1, -0.05) is 12.1 Å². The molecular weight excluding hydrogens is 264 g/mol. The van der Waals surface area contributed by atoms with E-state index in [1.165, 1.54) is 23.1 Å². The van der Waals surface area contributed by atoms with Crippen LogP contribution in [-0.4, -0.2) is 27.9 Å². The van der Waals surface area contributed by atoms with Gasteiger partial charge in [-0.15, -0.1) is 0 Å². The van der Waals surface area contributed by atoms with E-state index in [4.69, 9.17) is 4.42 Å². The zero-order valence-corrected chi connectivity index (χ0v) is 10.6. The summed E-state index contributed by atoms with van der Waals surface area (Å²) in [4.78, 5) is 23.2. The van der Waals surface area contributed by atoms with E-state index in [0.29, 0.717) is 6.54 Å². The quantitative estimate of drug-likeness (QED) is 0.681. The summed E-state index contributed by atoms with van der Waals surface area (Å²) in [5.41, 5.74) is 0.819. The summed E-state index contributed by atoms with van der Waals surface area (Å²) in [6.07, 6.45) is 0. The first kappa shape index (κ1) is 13.6. The van der Waals surface area contributed by atoms with E-state index in [1.807, 2.05) is 0 Å². The van der Waals surface area contributed by atoms with Crippen LogP contribution < -0.4 is 0 Å². The fourth-order valence-corrected chi connectivity index (χ4v) is 1.68. The molecule has 1 N–H and O–H groups in total. The van der Waals surface area contributed by atoms with Crippen molar-refractivity contribution in [2.75, 3.05) is 7.05 Å². The second-order valence-corrected chi connectivity index (χ2v) is 4.22. The lowest BCUT2D eigenvalue weighted by Gasteiger charge is -2.15. The number of rotatable bonds is 4. The highest BCUT2D eigenvalue weighted by atomic mass is 16.6. The van der Waals surface area contributed by atoms with Gasteiger partial charge in [0, 0.05) is 13.6 Å². The van der Waals surface area contributed by atoms with Gasteiger partial charge >= 0.3 is 5.88 Å². The zero-order valence-electron chi connectivity index (χ0n) is 10.6. The molecule has 2 aromatic rings. The lowest BCUT2D eigenvalue weighted by Crippen LogP contribution is -2.25. The fraction of sp³-hybridized carbons (Fsp3) is 0.154. The lowest BCUT2D eigenvalue weighted by atomic mass is 10.2. The van der Waals surface area contributed by atoms with Gasteiger partial charge in [-0.2, -0.15) is 0 Å². The molecule has 1 heterocycles. The monoisotopic (exact) mass is 276 g/mol. The number of aromatic hydroxyl groups is 1. The number of phenolic OH excluding ortho intramolecular Hbond substituents is 1. The first-order valence-corrected chi connectivity index (χ1v) is 5.75. The van der Waals surface area contributed by atoms with Crippen LogP contribution in [0.1, 0.15) is 16.1 Å². The molecule has 1 aromatic heterocycles. The first-order chi connectivity index (χ1) is 9.47. The van der Waals surface area contributed by atoms with E-state index in [2.05, 4.69) is 0 Å². The molecule has 0 radical (unpaired) electrons. The van der Waals surface area contributed by atoms with Gasteiger partial charge in [-0.25, -0.2) is 0 Å². The summed E-state index contributed by atoms with van der Waals surface area (Å²) in [5, 5.41) is 19.7. The highest BCUT2D eigenvalue weighted by Gasteiger charge is 2.20. The third kappa shape index (κ3) is 2.94. The second-order valence-electron chi connectivity index (χ2n) is 4.22. The number of nitrogens with zero attached hydrogens (tertiary/aromatic N) is 2. The third-order valence-corrected chi connectivity index (χ3v) is 2.69. The maximum absolute atomic E-state index is 12.0. The van der Waals surface area contributed by atoms with Crippen LogP contribution in [0.3, 0.4) is 0 Å². The number of nitro groups is 1. The van der Waals surface area contributed by atoms with Crippen LogP contribution >= 0.6 is 0 Å². The molecule has 0 aliphatic rings. The fourth-order valence-electron chi connectivity index (χ4n) is 1.68. The maximum atomic E-state index is 12.0. The molecule has 7 heteroatoms. The first-order valence-electron chi connectivity index (χ1n) is 5.75. The molecule has 0 unspecified atom stereocenters. The largest absolute Gasteiger partial charge is 0.508 e. The standard InChI is InChI=1S/C13H12N2O5/c1-14(8-9-2-4-10(16)5-3-9)13(17)11-6-7-12(20-11)15(18)19/h2-7,16H,8H2,1H3. The Hall–Kier alpha value is -2.83. The van der Waals surface area contributed by atoms with Crippen LogP contribution in [0, 0.1) is 10.1 Å². The zero-order chi connectivity index (χ0) is 14.7. The number of carbonyl (C=O) groups is 1. The van der Waals surface area contributed by atoms with E-state index >= 15 is 0 Å². The van der Waals surface area contributed by atoms with Crippen molar-refractivity contribution in [3.63, 3.8) is 0 Å². The van der Waals surface area contributed by atoms with Crippen molar-refractivity contribution in [3.05, 3.63) is 57.8 Å². The van der Waals surface area contributed by atoms with Crippen LogP contribution in [0.4, 0.5) is 5.88 Å². The van der Waals surface area contributed by atoms with Crippen LogP contribution in [-0.2, 0) is 6.54 Å². The Kier molecular flexibility index (Phi) is 3.69. The molecule has 0 aliphatic heterocycles. The van der Waals surface area contributed by atoms with Crippen LogP contribution in [0.15, 0.2) is 40.8 Å². The molecular formula is C13H12N2O5. The van der Waals surface area contributed by atoms with Gasteiger partial charge in [-0.05, 0) is 23.8 Å². The van der Waals surface area contributed by atoms with E-state index in [0.717, 1.165) is 11.6 Å². The Morgan fingerprint density at radius 2 is 1.95 bits per heavy atom. The van der Waals surface area contributed by atoms with E-state index in [1.54, 1.807) is 19.2 Å². The number of hydrogen-bond acceptors (Lipinski definition) is 5. The number of furan rings is 1. The van der Waals surface area contributed by atoms with Gasteiger partial charge in [0.05, 0.1) is 6.07 Å². The summed E-state index contributed by atoms with van der Waals surface area (Å²) < 4.78 is 4.85. The molecule has 2 rings (SSSR count). The Bertz CT molecular complexity index is 632. The van der Waals surface area contributed by atoms with Crippen LogP contribution in [0.5, 0.6) is 5.75 Å². The van der Waals surface area contributed by atoms with Crippen molar-refractivity contribution in [2.24, 2.45) is 0 Å². The van der Waals surface area contributed by atoms with Gasteiger partial charge in [0.25, 0.3) is 5.91 Å². The van der Waals surface area contributed by atoms with E-state index in [9.17, 15) is 20.0 Å². The Labute approximate surface area is 114 Å². The predicted octanol–water partition coefficient (Wildman–Crippen LogP) is 2.17. The average molecular weight is 276 g/mol.